The van der Waals surface area contributed by atoms with Gasteiger partial charge in [0.25, 0.3) is 0 Å². The van der Waals surface area contributed by atoms with E-state index in [0.717, 1.165) is 25.9 Å². The second-order valence-corrected chi connectivity index (χ2v) is 4.97. The lowest BCUT2D eigenvalue weighted by atomic mass is 10.0. The van der Waals surface area contributed by atoms with Gasteiger partial charge in [-0.2, -0.15) is 0 Å². The molecule has 2 amide bonds. The molecular weight excluding hydrogens is 248 g/mol. The monoisotopic (exact) mass is 274 g/mol. The Kier molecular flexibility index (Phi) is 9.88. The number of amides is 2. The molecule has 1 unspecified atom stereocenters. The number of methoxy groups -OCH3 is 1. The van der Waals surface area contributed by atoms with Gasteiger partial charge in [0.05, 0.1) is 0 Å². The smallest absolute Gasteiger partial charge is 0.326 e. The molecule has 1 atom stereocenters. The topological polar surface area (TPSA) is 87.7 Å². The molecule has 3 N–H and O–H groups in total. The number of aliphatic carboxylic acids is 1. The molecule has 0 saturated carbocycles. The van der Waals surface area contributed by atoms with Gasteiger partial charge in [-0.05, 0) is 31.6 Å². The number of hydrogen-bond acceptors (Lipinski definition) is 3. The summed E-state index contributed by atoms with van der Waals surface area (Å²) in [6.07, 6.45) is 3.22. The van der Waals surface area contributed by atoms with Crippen LogP contribution in [0.25, 0.3) is 0 Å². The molecule has 0 aromatic heterocycles. The second-order valence-electron chi connectivity index (χ2n) is 4.97. The molecule has 0 aliphatic heterocycles. The van der Waals surface area contributed by atoms with Crippen LogP contribution in [0.4, 0.5) is 4.79 Å². The van der Waals surface area contributed by atoms with Crippen LogP contribution < -0.4 is 10.6 Å². The normalized spacial score (nSPS) is 12.2. The first kappa shape index (κ1) is 17.7. The Morgan fingerprint density at radius 2 is 1.89 bits per heavy atom. The molecule has 0 radical (unpaired) electrons. The van der Waals surface area contributed by atoms with Crippen molar-refractivity contribution in [1.82, 2.24) is 10.6 Å². The lowest BCUT2D eigenvalue weighted by Crippen LogP contribution is -2.46. The number of nitrogens with one attached hydrogen (secondary N) is 2. The summed E-state index contributed by atoms with van der Waals surface area (Å²) >= 11 is 0. The van der Waals surface area contributed by atoms with Gasteiger partial charge < -0.3 is 20.5 Å². The molecule has 0 aromatic rings. The molecule has 0 spiro atoms. The number of hydrogen-bond donors (Lipinski definition) is 3. The number of carbonyl (C=O) groups is 2. The Labute approximate surface area is 114 Å². The molecule has 0 bridgehead atoms. The standard InChI is InChI=1S/C13H26N2O4/c1-10(2)9-11(12(16)17)15-13(18)14-7-5-4-6-8-19-3/h10-11H,4-9H2,1-3H3,(H,16,17)(H2,14,15,18). The fourth-order valence-corrected chi connectivity index (χ4v) is 1.65. The van der Waals surface area contributed by atoms with Gasteiger partial charge in [-0.1, -0.05) is 13.8 Å². The summed E-state index contributed by atoms with van der Waals surface area (Å²) in [5.74, 6) is -0.778. The molecule has 0 heterocycles. The summed E-state index contributed by atoms with van der Waals surface area (Å²) in [6, 6.07) is -1.24. The van der Waals surface area contributed by atoms with Gasteiger partial charge in [0.2, 0.25) is 0 Å². The largest absolute Gasteiger partial charge is 0.480 e. The van der Waals surface area contributed by atoms with E-state index in [2.05, 4.69) is 10.6 Å². The molecule has 0 aromatic carbocycles. The zero-order valence-electron chi connectivity index (χ0n) is 12.1. The highest BCUT2D eigenvalue weighted by Gasteiger charge is 2.20. The third kappa shape index (κ3) is 10.3. The van der Waals surface area contributed by atoms with E-state index in [9.17, 15) is 9.59 Å². The van der Waals surface area contributed by atoms with E-state index in [0.29, 0.717) is 13.0 Å². The van der Waals surface area contributed by atoms with Crippen LogP contribution in [0.5, 0.6) is 0 Å². The van der Waals surface area contributed by atoms with Crippen LogP contribution in [0.3, 0.4) is 0 Å². The Balaban J connectivity index is 3.78. The van der Waals surface area contributed by atoms with Gasteiger partial charge >= 0.3 is 12.0 Å². The predicted molar refractivity (Wildman–Crippen MR) is 73.1 cm³/mol. The third-order valence-electron chi connectivity index (χ3n) is 2.62. The summed E-state index contributed by atoms with van der Waals surface area (Å²) in [6.45, 7) is 5.11. The van der Waals surface area contributed by atoms with Crippen molar-refractivity contribution in [2.75, 3.05) is 20.3 Å². The highest BCUT2D eigenvalue weighted by atomic mass is 16.5. The van der Waals surface area contributed by atoms with Crippen molar-refractivity contribution >= 4 is 12.0 Å². The minimum absolute atomic E-state index is 0.218. The Morgan fingerprint density at radius 1 is 1.21 bits per heavy atom. The number of carbonyl (C=O) groups excluding carboxylic acids is 1. The van der Waals surface area contributed by atoms with Crippen LogP contribution in [0.1, 0.15) is 39.5 Å². The summed E-state index contributed by atoms with van der Waals surface area (Å²) in [4.78, 5) is 22.5. The molecule has 6 heteroatoms. The summed E-state index contributed by atoms with van der Waals surface area (Å²) in [7, 11) is 1.66. The molecular formula is C13H26N2O4. The van der Waals surface area contributed by atoms with Crippen LogP contribution in [0, 0.1) is 5.92 Å². The van der Waals surface area contributed by atoms with Gasteiger partial charge in [-0.25, -0.2) is 9.59 Å². The lowest BCUT2D eigenvalue weighted by Gasteiger charge is -2.16. The molecule has 0 aliphatic carbocycles. The van der Waals surface area contributed by atoms with E-state index >= 15 is 0 Å². The van der Waals surface area contributed by atoms with Crippen molar-refractivity contribution in [3.05, 3.63) is 0 Å². The van der Waals surface area contributed by atoms with Crippen LogP contribution in [0.15, 0.2) is 0 Å². The molecule has 112 valence electrons. The summed E-state index contributed by atoms with van der Waals surface area (Å²) in [5, 5.41) is 14.1. The SMILES string of the molecule is COCCCCCNC(=O)NC(CC(C)C)C(=O)O. The van der Waals surface area contributed by atoms with E-state index in [1.54, 1.807) is 7.11 Å². The van der Waals surface area contributed by atoms with Gasteiger partial charge in [-0.3, -0.25) is 0 Å². The lowest BCUT2D eigenvalue weighted by molar-refractivity contribution is -0.139. The molecule has 6 nitrogen and oxygen atoms in total. The van der Waals surface area contributed by atoms with Crippen LogP contribution >= 0.6 is 0 Å². The van der Waals surface area contributed by atoms with Gasteiger partial charge in [0.1, 0.15) is 6.04 Å². The third-order valence-corrected chi connectivity index (χ3v) is 2.62. The Morgan fingerprint density at radius 3 is 2.42 bits per heavy atom. The first-order valence-electron chi connectivity index (χ1n) is 6.73. The number of rotatable bonds is 10. The number of urea groups is 1. The minimum Gasteiger partial charge on any atom is -0.480 e. The van der Waals surface area contributed by atoms with Crippen molar-refractivity contribution in [3.63, 3.8) is 0 Å². The average molecular weight is 274 g/mol. The maximum atomic E-state index is 11.5. The zero-order valence-corrected chi connectivity index (χ0v) is 12.1. The first-order valence-corrected chi connectivity index (χ1v) is 6.73. The van der Waals surface area contributed by atoms with Crippen molar-refractivity contribution in [2.24, 2.45) is 5.92 Å². The van der Waals surface area contributed by atoms with Crippen LogP contribution in [-0.2, 0) is 9.53 Å². The van der Waals surface area contributed by atoms with Crippen LogP contribution in [0.2, 0.25) is 0 Å². The number of carboxylic acids is 1. The van der Waals surface area contributed by atoms with E-state index < -0.39 is 18.0 Å². The quantitative estimate of drug-likeness (QED) is 0.528. The van der Waals surface area contributed by atoms with Crippen molar-refractivity contribution in [3.8, 4) is 0 Å². The second kappa shape index (κ2) is 10.6. The van der Waals surface area contributed by atoms with E-state index in [1.165, 1.54) is 0 Å². The summed E-state index contributed by atoms with van der Waals surface area (Å²) < 4.78 is 4.92. The van der Waals surface area contributed by atoms with Crippen molar-refractivity contribution in [1.29, 1.82) is 0 Å². The van der Waals surface area contributed by atoms with Gasteiger partial charge in [0.15, 0.2) is 0 Å². The fourth-order valence-electron chi connectivity index (χ4n) is 1.65. The molecule has 0 saturated heterocycles. The van der Waals surface area contributed by atoms with Crippen molar-refractivity contribution < 1.29 is 19.4 Å². The number of ether oxygens (including phenoxy) is 1. The maximum absolute atomic E-state index is 11.5. The number of carboxylic acid groups (broad SMARTS) is 1. The molecule has 0 aliphatic rings. The molecule has 19 heavy (non-hydrogen) atoms. The van der Waals surface area contributed by atoms with Crippen LogP contribution in [-0.4, -0.2) is 43.4 Å². The summed E-state index contributed by atoms with van der Waals surface area (Å²) in [5.41, 5.74) is 0. The Bertz CT molecular complexity index is 269. The van der Waals surface area contributed by atoms with E-state index in [-0.39, 0.29) is 5.92 Å². The first-order chi connectivity index (χ1) is 8.97. The highest BCUT2D eigenvalue weighted by Crippen LogP contribution is 2.04. The molecule has 0 rings (SSSR count). The maximum Gasteiger partial charge on any atom is 0.326 e. The number of unbranched alkanes of at least 4 members (excludes halogenated alkanes) is 2. The van der Waals surface area contributed by atoms with E-state index in [4.69, 9.17) is 9.84 Å². The van der Waals surface area contributed by atoms with Gasteiger partial charge in [-0.15, -0.1) is 0 Å². The predicted octanol–water partition coefficient (Wildman–Crippen LogP) is 1.60. The van der Waals surface area contributed by atoms with Crippen molar-refractivity contribution in [2.45, 2.75) is 45.6 Å². The zero-order chi connectivity index (χ0) is 14.7. The Hall–Kier alpha value is -1.30. The van der Waals surface area contributed by atoms with Gasteiger partial charge in [0, 0.05) is 20.3 Å². The molecule has 0 fully saturated rings. The fraction of sp³-hybridized carbons (Fsp3) is 0.846. The van der Waals surface area contributed by atoms with E-state index in [1.807, 2.05) is 13.8 Å². The highest BCUT2D eigenvalue weighted by molar-refractivity contribution is 5.82. The average Bonchev–Trinajstić information content (AvgIpc) is 2.32. The minimum atomic E-state index is -0.996.